The number of hydrogen-bond acceptors (Lipinski definition) is 4. The molecule has 0 spiro atoms. The number of nitrogens with one attached hydrogen (secondary N) is 2. The Morgan fingerprint density at radius 3 is 2.57 bits per heavy atom. The Balaban J connectivity index is 1.46. The monoisotopic (exact) mass is 522 g/mol. The molecule has 0 saturated carbocycles. The second-order valence-electron chi connectivity index (χ2n) is 9.10. The minimum absolute atomic E-state index is 0.123. The van der Waals surface area contributed by atoms with E-state index in [0.717, 1.165) is 11.1 Å². The fourth-order valence-corrected chi connectivity index (χ4v) is 4.78. The maximum atomic E-state index is 14.0. The van der Waals surface area contributed by atoms with Gasteiger partial charge in [0, 0.05) is 16.3 Å². The lowest BCUT2D eigenvalue weighted by Crippen LogP contribution is -2.31. The first-order valence-electron chi connectivity index (χ1n) is 11.8. The van der Waals surface area contributed by atoms with Crippen LogP contribution in [0.5, 0.6) is 0 Å². The molecule has 0 fully saturated rings. The predicted octanol–water partition coefficient (Wildman–Crippen LogP) is 6.54. The first-order chi connectivity index (χ1) is 17.8. The van der Waals surface area contributed by atoms with Crippen molar-refractivity contribution in [3.63, 3.8) is 0 Å². The molecule has 1 aliphatic rings. The van der Waals surface area contributed by atoms with Gasteiger partial charge in [0.05, 0.1) is 12.2 Å². The fourth-order valence-electron chi connectivity index (χ4n) is 4.59. The van der Waals surface area contributed by atoms with E-state index in [4.69, 9.17) is 11.6 Å². The summed E-state index contributed by atoms with van der Waals surface area (Å²) in [7, 11) is 0. The molecule has 0 bridgehead atoms. The molecule has 1 amide bonds. The highest BCUT2D eigenvalue weighted by molar-refractivity contribution is 6.30. The molecule has 1 aromatic heterocycles. The number of nitrogens with zero attached hydrogens (tertiary/aromatic N) is 2. The number of halogens is 3. The van der Waals surface area contributed by atoms with Crippen molar-refractivity contribution in [2.45, 2.75) is 38.0 Å². The van der Waals surface area contributed by atoms with Crippen molar-refractivity contribution >= 4 is 29.0 Å². The zero-order chi connectivity index (χ0) is 26.1. The highest BCUT2D eigenvalue weighted by Crippen LogP contribution is 2.40. The first-order valence-corrected chi connectivity index (χ1v) is 12.2. The van der Waals surface area contributed by atoms with E-state index >= 15 is 0 Å². The normalized spacial score (nSPS) is 17.7. The van der Waals surface area contributed by atoms with Crippen molar-refractivity contribution in [1.29, 1.82) is 0 Å². The molecule has 0 saturated heterocycles. The van der Waals surface area contributed by atoms with Crippen LogP contribution in [-0.4, -0.2) is 27.2 Å². The Morgan fingerprint density at radius 1 is 1.14 bits per heavy atom. The fraction of sp³-hybridized carbons (Fsp3) is 0.214. The summed E-state index contributed by atoms with van der Waals surface area (Å²) in [5.74, 6) is -0.325. The zero-order valence-electron chi connectivity index (χ0n) is 19.9. The number of fused-ring (bicyclic) bond motifs is 1. The maximum Gasteiger partial charge on any atom is 0.261 e. The van der Waals surface area contributed by atoms with E-state index in [9.17, 15) is 18.7 Å². The van der Waals surface area contributed by atoms with Gasteiger partial charge in [-0.15, -0.1) is 0 Å². The molecule has 5 rings (SSSR count). The summed E-state index contributed by atoms with van der Waals surface area (Å²) in [6.45, 7) is 1.96. The van der Waals surface area contributed by atoms with Crippen LogP contribution < -0.4 is 10.6 Å². The van der Waals surface area contributed by atoms with Crippen LogP contribution in [0, 0.1) is 6.92 Å². The molecule has 6 nitrogen and oxygen atoms in total. The molecule has 9 heteroatoms. The van der Waals surface area contributed by atoms with Gasteiger partial charge in [-0.2, -0.15) is 5.10 Å². The van der Waals surface area contributed by atoms with Gasteiger partial charge in [-0.3, -0.25) is 4.79 Å². The number of aliphatic hydroxyl groups is 1. The summed E-state index contributed by atoms with van der Waals surface area (Å²) in [5, 5.41) is 21.6. The van der Waals surface area contributed by atoms with E-state index in [1.807, 2.05) is 37.3 Å². The van der Waals surface area contributed by atoms with Crippen LogP contribution in [0.15, 0.2) is 79.0 Å². The Bertz CT molecular complexity index is 1410. The van der Waals surface area contributed by atoms with Crippen molar-refractivity contribution in [2.24, 2.45) is 0 Å². The van der Waals surface area contributed by atoms with Crippen LogP contribution >= 0.6 is 11.6 Å². The summed E-state index contributed by atoms with van der Waals surface area (Å²) < 4.78 is 29.2. The molecule has 4 aromatic rings. The van der Waals surface area contributed by atoms with Crippen molar-refractivity contribution in [1.82, 2.24) is 9.78 Å². The third-order valence-corrected chi connectivity index (χ3v) is 6.82. The van der Waals surface area contributed by atoms with Crippen LogP contribution in [0.3, 0.4) is 0 Å². The number of hydrogen-bond donors (Lipinski definition) is 3. The predicted molar refractivity (Wildman–Crippen MR) is 139 cm³/mol. The van der Waals surface area contributed by atoms with Gasteiger partial charge in [-0.05, 0) is 42.7 Å². The number of carbonyl (C=O) groups is 1. The standard InChI is InChI=1S/C28H25ClF2N4O2/c1-16-7-9-17(10-8-16)23-14-24(26(30)31)35-27(33-23)21(15-32-35)28(37)34-22-12-11-19(29)13-20(22)25(36)18-5-3-2-4-6-18/h2-13,15,23-26,33,36H,14H2,1H3,(H,34,37)/t23-,24-,25-/m1/s1. The van der Waals surface area contributed by atoms with Crippen LogP contribution in [0.4, 0.5) is 20.3 Å². The molecule has 0 radical (unpaired) electrons. The second-order valence-corrected chi connectivity index (χ2v) is 9.53. The molecule has 3 N–H and O–H groups in total. The molecule has 3 aromatic carbocycles. The highest BCUT2D eigenvalue weighted by Gasteiger charge is 2.36. The van der Waals surface area contributed by atoms with Gasteiger partial charge in [-0.1, -0.05) is 71.8 Å². The number of anilines is 2. The number of benzene rings is 3. The number of carbonyl (C=O) groups excluding carboxylic acids is 1. The summed E-state index contributed by atoms with van der Waals surface area (Å²) in [5.41, 5.74) is 3.42. The lowest BCUT2D eigenvalue weighted by Gasteiger charge is -2.32. The van der Waals surface area contributed by atoms with Crippen molar-refractivity contribution in [3.8, 4) is 0 Å². The largest absolute Gasteiger partial charge is 0.384 e. The highest BCUT2D eigenvalue weighted by atomic mass is 35.5. The van der Waals surface area contributed by atoms with Crippen LogP contribution in [-0.2, 0) is 0 Å². The SMILES string of the molecule is Cc1ccc([C@H]2C[C@H](C(F)F)n3ncc(C(=O)Nc4ccc(Cl)cc4[C@H](O)c4ccccc4)c3N2)cc1. The van der Waals surface area contributed by atoms with E-state index < -0.39 is 30.5 Å². The van der Waals surface area contributed by atoms with Gasteiger partial charge in [0.1, 0.15) is 23.5 Å². The Labute approximate surface area is 217 Å². The first kappa shape index (κ1) is 24.9. The van der Waals surface area contributed by atoms with Crippen molar-refractivity contribution in [2.75, 3.05) is 10.6 Å². The van der Waals surface area contributed by atoms with E-state index in [1.165, 1.54) is 10.9 Å². The molecule has 2 heterocycles. The number of amides is 1. The van der Waals surface area contributed by atoms with Gasteiger partial charge in [0.2, 0.25) is 0 Å². The average molecular weight is 523 g/mol. The summed E-state index contributed by atoms with van der Waals surface area (Å²) in [6.07, 6.45) is -2.29. The van der Waals surface area contributed by atoms with Crippen LogP contribution in [0.1, 0.15) is 57.2 Å². The number of aryl methyl sites for hydroxylation is 1. The van der Waals surface area contributed by atoms with Crippen molar-refractivity contribution < 1.29 is 18.7 Å². The average Bonchev–Trinajstić information content (AvgIpc) is 3.34. The van der Waals surface area contributed by atoms with E-state index in [2.05, 4.69) is 15.7 Å². The number of aromatic nitrogens is 2. The van der Waals surface area contributed by atoms with E-state index in [1.54, 1.807) is 42.5 Å². The summed E-state index contributed by atoms with van der Waals surface area (Å²) >= 11 is 6.19. The quantitative estimate of drug-likeness (QED) is 0.268. The Morgan fingerprint density at radius 2 is 1.86 bits per heavy atom. The van der Waals surface area contributed by atoms with Crippen molar-refractivity contribution in [3.05, 3.63) is 112 Å². The molecule has 3 atom stereocenters. The molecule has 0 unspecified atom stereocenters. The van der Waals surface area contributed by atoms with Crippen LogP contribution in [0.2, 0.25) is 5.02 Å². The number of alkyl halides is 2. The van der Waals surface area contributed by atoms with Gasteiger partial charge >= 0.3 is 0 Å². The van der Waals surface area contributed by atoms with Crippen LogP contribution in [0.25, 0.3) is 0 Å². The molecular formula is C28H25ClF2N4O2. The molecule has 1 aliphatic heterocycles. The third kappa shape index (κ3) is 5.08. The molecular weight excluding hydrogens is 498 g/mol. The molecule has 0 aliphatic carbocycles. The summed E-state index contributed by atoms with van der Waals surface area (Å²) in [4.78, 5) is 13.4. The smallest absolute Gasteiger partial charge is 0.261 e. The maximum absolute atomic E-state index is 14.0. The number of aliphatic hydroxyl groups excluding tert-OH is 1. The zero-order valence-corrected chi connectivity index (χ0v) is 20.7. The summed E-state index contributed by atoms with van der Waals surface area (Å²) in [6, 6.07) is 19.8. The topological polar surface area (TPSA) is 79.2 Å². The van der Waals surface area contributed by atoms with Gasteiger partial charge in [0.25, 0.3) is 12.3 Å². The Kier molecular flexibility index (Phi) is 6.95. The third-order valence-electron chi connectivity index (χ3n) is 6.58. The number of rotatable bonds is 6. The molecule has 37 heavy (non-hydrogen) atoms. The Hall–Kier alpha value is -3.75. The van der Waals surface area contributed by atoms with E-state index in [-0.39, 0.29) is 17.8 Å². The minimum atomic E-state index is -2.66. The molecule has 190 valence electrons. The van der Waals surface area contributed by atoms with E-state index in [0.29, 0.717) is 21.8 Å². The second kappa shape index (κ2) is 10.3. The lowest BCUT2D eigenvalue weighted by molar-refractivity contribution is 0.0657. The van der Waals surface area contributed by atoms with Gasteiger partial charge in [0.15, 0.2) is 0 Å². The minimum Gasteiger partial charge on any atom is -0.384 e. The van der Waals surface area contributed by atoms with Gasteiger partial charge < -0.3 is 15.7 Å². The van der Waals surface area contributed by atoms with Gasteiger partial charge in [-0.25, -0.2) is 13.5 Å². The lowest BCUT2D eigenvalue weighted by atomic mass is 9.96.